The van der Waals surface area contributed by atoms with Crippen LogP contribution in [0.3, 0.4) is 0 Å². The molecular formula is C24H28N6O2. The van der Waals surface area contributed by atoms with Gasteiger partial charge in [0, 0.05) is 12.5 Å². The molecule has 0 fully saturated rings. The molecule has 8 nitrogen and oxygen atoms in total. The number of nitrogens with one attached hydrogen (secondary N) is 1. The predicted octanol–water partition coefficient (Wildman–Crippen LogP) is 3.63. The van der Waals surface area contributed by atoms with Crippen molar-refractivity contribution in [2.45, 2.75) is 52.7 Å². The van der Waals surface area contributed by atoms with Crippen LogP contribution < -0.4 is 10.9 Å². The molecule has 8 heteroatoms. The molecule has 2 heterocycles. The van der Waals surface area contributed by atoms with Gasteiger partial charge in [-0.2, -0.15) is 0 Å². The number of hydrogen-bond acceptors (Lipinski definition) is 5. The normalized spacial score (nSPS) is 12.7. The molecule has 0 saturated carbocycles. The smallest absolute Gasteiger partial charge is 0.277 e. The van der Waals surface area contributed by atoms with Crippen LogP contribution >= 0.6 is 0 Å². The Labute approximate surface area is 186 Å². The van der Waals surface area contributed by atoms with Crippen LogP contribution in [0, 0.1) is 5.92 Å². The van der Waals surface area contributed by atoms with E-state index in [0.717, 1.165) is 16.9 Å². The highest BCUT2D eigenvalue weighted by atomic mass is 16.2. The van der Waals surface area contributed by atoms with Crippen molar-refractivity contribution in [2.24, 2.45) is 5.92 Å². The van der Waals surface area contributed by atoms with Crippen LogP contribution in [0.5, 0.6) is 0 Å². The number of carbonyl (C=O) groups is 1. The maximum absolute atomic E-state index is 12.9. The highest BCUT2D eigenvalue weighted by molar-refractivity contribution is 5.78. The summed E-state index contributed by atoms with van der Waals surface area (Å²) < 4.78 is 3.43. The fourth-order valence-electron chi connectivity index (χ4n) is 3.98. The molecule has 0 saturated heterocycles. The number of aromatic nitrogens is 5. The Hall–Kier alpha value is -3.55. The Morgan fingerprint density at radius 1 is 1.00 bits per heavy atom. The highest BCUT2D eigenvalue weighted by Gasteiger charge is 2.26. The topological polar surface area (TPSA) is 94.7 Å². The summed E-state index contributed by atoms with van der Waals surface area (Å²) in [6.07, 6.45) is 0.123. The van der Waals surface area contributed by atoms with Crippen molar-refractivity contribution in [2.75, 3.05) is 0 Å². The summed E-state index contributed by atoms with van der Waals surface area (Å²) in [6, 6.07) is 15.0. The lowest BCUT2D eigenvalue weighted by Gasteiger charge is -2.25. The minimum Gasteiger partial charge on any atom is -0.346 e. The average Bonchev–Trinajstić information content (AvgIpc) is 3.16. The zero-order valence-electron chi connectivity index (χ0n) is 18.8. The van der Waals surface area contributed by atoms with Crippen molar-refractivity contribution >= 4 is 27.8 Å². The second-order valence-corrected chi connectivity index (χ2v) is 8.60. The molecule has 2 aromatic heterocycles. The number of nitrogens with zero attached hydrogens (tertiary/aromatic N) is 5. The summed E-state index contributed by atoms with van der Waals surface area (Å²) in [5, 5.41) is 11.7. The molecule has 2 aromatic carbocycles. The molecule has 32 heavy (non-hydrogen) atoms. The Kier molecular flexibility index (Phi) is 6.03. The zero-order chi connectivity index (χ0) is 22.8. The van der Waals surface area contributed by atoms with Crippen molar-refractivity contribution < 1.29 is 4.79 Å². The molecule has 0 aliphatic heterocycles. The number of fused-ring (bicyclic) bond motifs is 2. The van der Waals surface area contributed by atoms with Gasteiger partial charge in [-0.15, -0.1) is 5.10 Å². The van der Waals surface area contributed by atoms with Gasteiger partial charge in [0.25, 0.3) is 5.56 Å². The van der Waals surface area contributed by atoms with Gasteiger partial charge in [-0.1, -0.05) is 43.3 Å². The van der Waals surface area contributed by atoms with E-state index in [9.17, 15) is 9.59 Å². The van der Waals surface area contributed by atoms with Gasteiger partial charge in [0.2, 0.25) is 5.91 Å². The first-order valence-electron chi connectivity index (χ1n) is 11.0. The molecule has 0 radical (unpaired) electrons. The third-order valence-electron chi connectivity index (χ3n) is 5.58. The van der Waals surface area contributed by atoms with E-state index in [1.165, 1.54) is 4.68 Å². The molecule has 1 amide bonds. The van der Waals surface area contributed by atoms with E-state index < -0.39 is 0 Å². The maximum atomic E-state index is 12.9. The van der Waals surface area contributed by atoms with Crippen LogP contribution in [-0.4, -0.2) is 30.5 Å². The van der Waals surface area contributed by atoms with Gasteiger partial charge in [-0.25, -0.2) is 9.67 Å². The number of carbonyl (C=O) groups excluding carboxylic acids is 1. The molecule has 0 unspecified atom stereocenters. The summed E-state index contributed by atoms with van der Waals surface area (Å²) in [5.74, 6) is 0.816. The van der Waals surface area contributed by atoms with Crippen molar-refractivity contribution in [3.63, 3.8) is 0 Å². The SMILES string of the molecule is CC(C)[C@H](NC(=O)CCn1nnc2ccccc2c1=O)c1nc2ccccc2n1C(C)C. The monoisotopic (exact) mass is 432 g/mol. The van der Waals surface area contributed by atoms with Gasteiger partial charge in [0.15, 0.2) is 0 Å². The number of rotatable bonds is 7. The molecule has 166 valence electrons. The number of aryl methyl sites for hydroxylation is 1. The fourth-order valence-corrected chi connectivity index (χ4v) is 3.98. The Bertz CT molecular complexity index is 1320. The lowest BCUT2D eigenvalue weighted by molar-refractivity contribution is -0.122. The largest absolute Gasteiger partial charge is 0.346 e. The average molecular weight is 433 g/mol. The summed E-state index contributed by atoms with van der Waals surface area (Å²) in [5.41, 5.74) is 2.26. The third-order valence-corrected chi connectivity index (χ3v) is 5.58. The molecule has 1 atom stereocenters. The minimum absolute atomic E-state index is 0.123. The second-order valence-electron chi connectivity index (χ2n) is 8.60. The maximum Gasteiger partial charge on any atom is 0.277 e. The molecule has 0 aliphatic rings. The molecule has 4 rings (SSSR count). The zero-order valence-corrected chi connectivity index (χ0v) is 18.8. The highest BCUT2D eigenvalue weighted by Crippen LogP contribution is 2.28. The first kappa shape index (κ1) is 21.7. The molecular weight excluding hydrogens is 404 g/mol. The lowest BCUT2D eigenvalue weighted by atomic mass is 10.0. The molecule has 4 aromatic rings. The van der Waals surface area contributed by atoms with Gasteiger partial charge < -0.3 is 9.88 Å². The van der Waals surface area contributed by atoms with Gasteiger partial charge in [-0.3, -0.25) is 9.59 Å². The van der Waals surface area contributed by atoms with Crippen molar-refractivity contribution in [3.05, 3.63) is 64.7 Å². The van der Waals surface area contributed by atoms with Gasteiger partial charge in [0.05, 0.1) is 29.0 Å². The van der Waals surface area contributed by atoms with E-state index in [2.05, 4.69) is 54.0 Å². The van der Waals surface area contributed by atoms with Crippen molar-refractivity contribution in [1.82, 2.24) is 29.9 Å². The third kappa shape index (κ3) is 4.12. The van der Waals surface area contributed by atoms with Crippen LogP contribution in [0.2, 0.25) is 0 Å². The second kappa shape index (κ2) is 8.90. The number of para-hydroxylation sites is 2. The number of imidazole rings is 1. The molecule has 0 bridgehead atoms. The Balaban J connectivity index is 1.55. The van der Waals surface area contributed by atoms with E-state index in [1.54, 1.807) is 18.2 Å². The standard InChI is InChI=1S/C24H28N6O2/c1-15(2)22(23-25-19-11-7-8-12-20(19)30(23)16(3)4)26-21(31)13-14-29-24(32)17-9-5-6-10-18(17)27-28-29/h5-12,15-16,22H,13-14H2,1-4H3,(H,26,31)/t22-/m0/s1. The number of benzene rings is 2. The summed E-state index contributed by atoms with van der Waals surface area (Å²) in [6.45, 7) is 8.51. The number of hydrogen-bond donors (Lipinski definition) is 1. The van der Waals surface area contributed by atoms with Gasteiger partial charge in [0.1, 0.15) is 11.3 Å². The summed E-state index contributed by atoms with van der Waals surface area (Å²) in [4.78, 5) is 30.3. The van der Waals surface area contributed by atoms with Crippen LogP contribution in [0.4, 0.5) is 0 Å². The van der Waals surface area contributed by atoms with Crippen LogP contribution in [0.15, 0.2) is 53.3 Å². The van der Waals surface area contributed by atoms with Crippen LogP contribution in [0.1, 0.15) is 52.0 Å². The van der Waals surface area contributed by atoms with Gasteiger partial charge in [-0.05, 0) is 44.0 Å². The van der Waals surface area contributed by atoms with Crippen molar-refractivity contribution in [1.29, 1.82) is 0 Å². The van der Waals surface area contributed by atoms with E-state index in [1.807, 2.05) is 24.3 Å². The summed E-state index contributed by atoms with van der Waals surface area (Å²) >= 11 is 0. The summed E-state index contributed by atoms with van der Waals surface area (Å²) in [7, 11) is 0. The molecule has 0 spiro atoms. The Morgan fingerprint density at radius 2 is 1.69 bits per heavy atom. The van der Waals surface area contributed by atoms with E-state index in [-0.39, 0.29) is 42.4 Å². The lowest BCUT2D eigenvalue weighted by Crippen LogP contribution is -2.35. The predicted molar refractivity (Wildman–Crippen MR) is 124 cm³/mol. The minimum atomic E-state index is -0.253. The van der Waals surface area contributed by atoms with E-state index in [4.69, 9.17) is 4.98 Å². The Morgan fingerprint density at radius 3 is 2.41 bits per heavy atom. The number of amides is 1. The van der Waals surface area contributed by atoms with Crippen LogP contribution in [-0.2, 0) is 11.3 Å². The fraction of sp³-hybridized carbons (Fsp3) is 0.375. The van der Waals surface area contributed by atoms with E-state index in [0.29, 0.717) is 10.9 Å². The van der Waals surface area contributed by atoms with E-state index >= 15 is 0 Å². The quantitative estimate of drug-likeness (QED) is 0.481. The van der Waals surface area contributed by atoms with Crippen molar-refractivity contribution in [3.8, 4) is 0 Å². The molecule has 1 N–H and O–H groups in total. The molecule has 0 aliphatic carbocycles. The first-order chi connectivity index (χ1) is 15.4. The van der Waals surface area contributed by atoms with Crippen LogP contribution in [0.25, 0.3) is 21.9 Å². The first-order valence-corrected chi connectivity index (χ1v) is 11.0. The van der Waals surface area contributed by atoms with Gasteiger partial charge >= 0.3 is 0 Å².